The molecule has 1 fully saturated rings. The van der Waals surface area contributed by atoms with E-state index in [1.807, 2.05) is 30.3 Å². The highest BCUT2D eigenvalue weighted by Crippen LogP contribution is 2.34. The average molecular weight is 387 g/mol. The Bertz CT molecular complexity index is 944. The largest absolute Gasteiger partial charge is 0.507 e. The number of hydrogen-bond donors (Lipinski definition) is 3. The highest BCUT2D eigenvalue weighted by molar-refractivity contribution is 6.17. The fraction of sp³-hybridized carbons (Fsp3) is 0.286. The quantitative estimate of drug-likeness (QED) is 0.755. The molecule has 2 aliphatic heterocycles. The van der Waals surface area contributed by atoms with Crippen LogP contribution in [0.15, 0.2) is 53.5 Å². The van der Waals surface area contributed by atoms with Crippen molar-refractivity contribution in [2.45, 2.75) is 18.6 Å². The molecule has 0 amide bonds. The molecule has 0 spiro atoms. The number of nitrogens with zero attached hydrogens (tertiary/aromatic N) is 1. The zero-order valence-electron chi connectivity index (χ0n) is 15.1. The second kappa shape index (κ2) is 7.31. The summed E-state index contributed by atoms with van der Waals surface area (Å²) in [7, 11) is 0. The van der Waals surface area contributed by atoms with E-state index in [4.69, 9.17) is 0 Å². The molecule has 0 aliphatic carbocycles. The van der Waals surface area contributed by atoms with Gasteiger partial charge in [0.25, 0.3) is 0 Å². The van der Waals surface area contributed by atoms with Crippen LogP contribution in [0.4, 0.5) is 13.2 Å². The van der Waals surface area contributed by atoms with Crippen LogP contribution in [0.25, 0.3) is 5.70 Å². The first-order valence-electron chi connectivity index (χ1n) is 9.15. The van der Waals surface area contributed by atoms with E-state index in [0.29, 0.717) is 18.3 Å². The van der Waals surface area contributed by atoms with Crippen molar-refractivity contribution in [3.05, 3.63) is 70.8 Å². The van der Waals surface area contributed by atoms with Crippen LogP contribution >= 0.6 is 0 Å². The van der Waals surface area contributed by atoms with Gasteiger partial charge < -0.3 is 15.7 Å². The summed E-state index contributed by atoms with van der Waals surface area (Å²) in [5.74, 6) is -0.431. The normalized spacial score (nSPS) is 19.5. The number of alkyl halides is 3. The number of nitrogens with one attached hydrogen (secondary N) is 2. The Morgan fingerprint density at radius 1 is 1.07 bits per heavy atom. The number of rotatable bonds is 3. The lowest BCUT2D eigenvalue weighted by Crippen LogP contribution is -2.30. The second-order valence-electron chi connectivity index (χ2n) is 6.92. The minimum absolute atomic E-state index is 0.289. The number of fused-ring (bicyclic) bond motifs is 1. The van der Waals surface area contributed by atoms with Crippen LogP contribution < -0.4 is 10.6 Å². The Kier molecular flexibility index (Phi) is 4.85. The van der Waals surface area contributed by atoms with Gasteiger partial charge in [-0.05, 0) is 37.2 Å². The summed E-state index contributed by atoms with van der Waals surface area (Å²) in [4.78, 5) is 4.56. The lowest BCUT2D eigenvalue weighted by atomic mass is 9.94. The third-order valence-electron chi connectivity index (χ3n) is 5.02. The monoisotopic (exact) mass is 387 g/mol. The van der Waals surface area contributed by atoms with Crippen LogP contribution in [0, 0.1) is 0 Å². The Morgan fingerprint density at radius 2 is 1.86 bits per heavy atom. The molecular formula is C21H20F3N3O. The van der Waals surface area contributed by atoms with E-state index >= 15 is 0 Å². The maximum atomic E-state index is 12.9. The Balaban J connectivity index is 1.72. The third-order valence-corrected chi connectivity index (χ3v) is 5.02. The minimum atomic E-state index is -4.51. The molecule has 0 bridgehead atoms. The fourth-order valence-corrected chi connectivity index (χ4v) is 3.62. The number of benzene rings is 2. The van der Waals surface area contributed by atoms with Crippen molar-refractivity contribution in [1.82, 2.24) is 10.6 Å². The molecule has 4 nitrogen and oxygen atoms in total. The molecule has 0 radical (unpaired) electrons. The predicted octanol–water partition coefficient (Wildman–Crippen LogP) is 3.55. The maximum absolute atomic E-state index is 12.9. The van der Waals surface area contributed by atoms with Crippen LogP contribution in [0.2, 0.25) is 0 Å². The van der Waals surface area contributed by atoms with Gasteiger partial charge in [-0.1, -0.05) is 24.3 Å². The molecule has 1 saturated heterocycles. The van der Waals surface area contributed by atoms with E-state index in [1.54, 1.807) is 0 Å². The van der Waals surface area contributed by atoms with Crippen molar-refractivity contribution in [3.63, 3.8) is 0 Å². The lowest BCUT2D eigenvalue weighted by molar-refractivity contribution is -0.137. The first-order chi connectivity index (χ1) is 13.4. The van der Waals surface area contributed by atoms with E-state index in [-0.39, 0.29) is 5.56 Å². The first-order valence-corrected chi connectivity index (χ1v) is 9.15. The van der Waals surface area contributed by atoms with E-state index in [9.17, 15) is 18.3 Å². The predicted molar refractivity (Wildman–Crippen MR) is 102 cm³/mol. The highest BCUT2D eigenvalue weighted by Gasteiger charge is 2.32. The number of phenols is 1. The number of phenolic OH excluding ortho intramolecular Hbond substituents is 1. The topological polar surface area (TPSA) is 56.7 Å². The van der Waals surface area contributed by atoms with Gasteiger partial charge >= 0.3 is 6.18 Å². The van der Waals surface area contributed by atoms with E-state index in [0.717, 1.165) is 48.5 Å². The van der Waals surface area contributed by atoms with Gasteiger partial charge in [-0.15, -0.1) is 0 Å². The summed E-state index contributed by atoms with van der Waals surface area (Å²) in [6, 6.07) is 10.9. The number of aromatic hydroxyl groups is 1. The standard InChI is InChI=1S/C21H20F3N3O/c22-21(23,24)13-5-6-17(19(28)11-13)20-16-4-2-1-3-15(16)18(8-10-26-20)27-14-7-9-25-12-14/h1-6,8,11,14,25,27-28H,7,9-10,12H2. The van der Waals surface area contributed by atoms with Gasteiger partial charge in [-0.2, -0.15) is 13.2 Å². The van der Waals surface area contributed by atoms with Crippen molar-refractivity contribution in [2.75, 3.05) is 19.6 Å². The summed E-state index contributed by atoms with van der Waals surface area (Å²) >= 11 is 0. The molecule has 3 N–H and O–H groups in total. The van der Waals surface area contributed by atoms with Gasteiger partial charge in [0.15, 0.2) is 0 Å². The summed E-state index contributed by atoms with van der Waals surface area (Å²) in [5, 5.41) is 17.2. The Hall–Kier alpha value is -2.80. The fourth-order valence-electron chi connectivity index (χ4n) is 3.62. The van der Waals surface area contributed by atoms with Gasteiger partial charge in [0, 0.05) is 35.0 Å². The molecule has 0 saturated carbocycles. The van der Waals surface area contributed by atoms with Crippen LogP contribution in [0.1, 0.15) is 28.7 Å². The average Bonchev–Trinajstić information content (AvgIpc) is 3.10. The van der Waals surface area contributed by atoms with Crippen molar-refractivity contribution in [2.24, 2.45) is 4.99 Å². The molecule has 1 atom stereocenters. The van der Waals surface area contributed by atoms with Crippen molar-refractivity contribution >= 4 is 11.4 Å². The molecule has 1 unspecified atom stereocenters. The van der Waals surface area contributed by atoms with Gasteiger partial charge in [0.1, 0.15) is 5.75 Å². The summed E-state index contributed by atoms with van der Waals surface area (Å²) in [6.45, 7) is 2.22. The zero-order valence-corrected chi connectivity index (χ0v) is 15.1. The van der Waals surface area contributed by atoms with Crippen LogP contribution in [-0.4, -0.2) is 36.5 Å². The SMILES string of the molecule is Oc1cc(C(F)(F)F)ccc1C1=NCC=C(NC2CCNC2)c2ccccc21. The molecule has 146 valence electrons. The minimum Gasteiger partial charge on any atom is -0.507 e. The number of halogens is 3. The molecule has 0 aromatic heterocycles. The van der Waals surface area contributed by atoms with Crippen LogP contribution in [0.3, 0.4) is 0 Å². The maximum Gasteiger partial charge on any atom is 0.416 e. The van der Waals surface area contributed by atoms with E-state index < -0.39 is 17.5 Å². The first kappa shape index (κ1) is 18.6. The third kappa shape index (κ3) is 3.62. The van der Waals surface area contributed by atoms with Gasteiger partial charge in [0.05, 0.1) is 17.8 Å². The molecule has 2 aliphatic rings. The molecule has 7 heteroatoms. The molecule has 2 aromatic carbocycles. The second-order valence-corrected chi connectivity index (χ2v) is 6.92. The van der Waals surface area contributed by atoms with Crippen LogP contribution in [-0.2, 0) is 6.18 Å². The zero-order chi connectivity index (χ0) is 19.7. The number of aliphatic imine (C=N–C) groups is 1. The number of hydrogen-bond acceptors (Lipinski definition) is 4. The van der Waals surface area contributed by atoms with Gasteiger partial charge in [-0.25, -0.2) is 0 Å². The Labute approximate surface area is 160 Å². The van der Waals surface area contributed by atoms with E-state index in [1.165, 1.54) is 6.07 Å². The molecule has 2 aromatic rings. The van der Waals surface area contributed by atoms with Crippen molar-refractivity contribution in [1.29, 1.82) is 0 Å². The molecular weight excluding hydrogens is 367 g/mol. The summed E-state index contributed by atoms with van der Waals surface area (Å²) < 4.78 is 38.8. The molecule has 4 rings (SSSR count). The van der Waals surface area contributed by atoms with E-state index in [2.05, 4.69) is 15.6 Å². The van der Waals surface area contributed by atoms with Crippen molar-refractivity contribution in [3.8, 4) is 5.75 Å². The molecule has 28 heavy (non-hydrogen) atoms. The Morgan fingerprint density at radius 3 is 2.54 bits per heavy atom. The summed E-state index contributed by atoms with van der Waals surface area (Å²) in [5.41, 5.74) is 2.54. The van der Waals surface area contributed by atoms with Crippen LogP contribution in [0.5, 0.6) is 5.75 Å². The lowest BCUT2D eigenvalue weighted by Gasteiger charge is -2.19. The van der Waals surface area contributed by atoms with Gasteiger partial charge in [-0.3, -0.25) is 4.99 Å². The van der Waals surface area contributed by atoms with Gasteiger partial charge in [0.2, 0.25) is 0 Å². The highest BCUT2D eigenvalue weighted by atomic mass is 19.4. The molecule has 2 heterocycles. The smallest absolute Gasteiger partial charge is 0.416 e. The van der Waals surface area contributed by atoms with Crippen molar-refractivity contribution < 1.29 is 18.3 Å². The summed E-state index contributed by atoms with van der Waals surface area (Å²) in [6.07, 6.45) is -1.51.